The average Bonchev–Trinajstić information content (AvgIpc) is 3.03. The number of nitrogens with two attached hydrogens (primary N) is 2. The number of hydrogen-bond acceptors (Lipinski definition) is 4. The van der Waals surface area contributed by atoms with Crippen LogP contribution in [0.2, 0.25) is 0 Å². The van der Waals surface area contributed by atoms with Gasteiger partial charge in [0.2, 0.25) is 0 Å². The van der Waals surface area contributed by atoms with Gasteiger partial charge in [0, 0.05) is 5.56 Å². The van der Waals surface area contributed by atoms with E-state index in [4.69, 9.17) is 11.5 Å². The van der Waals surface area contributed by atoms with Gasteiger partial charge in [0.1, 0.15) is 11.6 Å². The molecule has 22 heavy (non-hydrogen) atoms. The van der Waals surface area contributed by atoms with Crippen LogP contribution in [0, 0.1) is 11.6 Å². The smallest absolute Gasteiger partial charge is 0.156 e. The summed E-state index contributed by atoms with van der Waals surface area (Å²) in [6.07, 6.45) is 0. The van der Waals surface area contributed by atoms with Gasteiger partial charge in [0.25, 0.3) is 0 Å². The fourth-order valence-corrected chi connectivity index (χ4v) is 2.67. The summed E-state index contributed by atoms with van der Waals surface area (Å²) in [4.78, 5) is 0. The van der Waals surface area contributed by atoms with E-state index in [0.717, 1.165) is 0 Å². The first kappa shape index (κ1) is 12.6. The van der Waals surface area contributed by atoms with Crippen molar-refractivity contribution in [1.29, 1.82) is 0 Å². The number of rotatable bonds is 1. The van der Waals surface area contributed by atoms with E-state index in [0.29, 0.717) is 22.0 Å². The maximum atomic E-state index is 14.3. The van der Waals surface area contributed by atoms with E-state index in [1.807, 2.05) is 0 Å². The molecule has 0 bridgehead atoms. The van der Waals surface area contributed by atoms with E-state index < -0.39 is 11.6 Å². The Morgan fingerprint density at radius 2 is 1.50 bits per heavy atom. The Balaban J connectivity index is 2.11. The molecule has 0 amide bonds. The highest BCUT2D eigenvalue weighted by molar-refractivity contribution is 6.03. The minimum atomic E-state index is -0.586. The van der Waals surface area contributed by atoms with Gasteiger partial charge < -0.3 is 11.5 Å². The molecule has 2 aromatic heterocycles. The third kappa shape index (κ3) is 1.57. The Morgan fingerprint density at radius 3 is 2.27 bits per heavy atom. The molecule has 0 spiro atoms. The molecule has 0 aliphatic carbocycles. The number of H-pyrrole nitrogens is 2. The lowest BCUT2D eigenvalue weighted by molar-refractivity contribution is 0.631. The molecule has 0 unspecified atom stereocenters. The van der Waals surface area contributed by atoms with E-state index >= 15 is 0 Å². The van der Waals surface area contributed by atoms with E-state index in [1.165, 1.54) is 18.2 Å². The van der Waals surface area contributed by atoms with Gasteiger partial charge in [0.05, 0.1) is 21.8 Å². The molecule has 6 N–H and O–H groups in total. The number of fused-ring (bicyclic) bond motifs is 2. The lowest BCUT2D eigenvalue weighted by atomic mass is 9.99. The van der Waals surface area contributed by atoms with Crippen LogP contribution in [-0.2, 0) is 0 Å². The molecule has 6 nitrogen and oxygen atoms in total. The van der Waals surface area contributed by atoms with Crippen LogP contribution in [0.25, 0.3) is 32.9 Å². The SMILES string of the molecule is Nc1n[nH]c2cc(-c3c(F)ccc4[nH]nc(N)c34)cc(F)c12. The van der Waals surface area contributed by atoms with E-state index in [-0.39, 0.29) is 22.6 Å². The fourth-order valence-electron chi connectivity index (χ4n) is 2.67. The molecule has 0 saturated heterocycles. The third-order valence-corrected chi connectivity index (χ3v) is 3.64. The van der Waals surface area contributed by atoms with Crippen LogP contribution >= 0.6 is 0 Å². The molecule has 2 aromatic carbocycles. The van der Waals surface area contributed by atoms with Crippen molar-refractivity contribution in [3.05, 3.63) is 35.9 Å². The van der Waals surface area contributed by atoms with Crippen LogP contribution < -0.4 is 11.5 Å². The van der Waals surface area contributed by atoms with Gasteiger partial charge in [-0.15, -0.1) is 0 Å². The number of halogens is 2. The van der Waals surface area contributed by atoms with Gasteiger partial charge in [-0.1, -0.05) is 0 Å². The monoisotopic (exact) mass is 300 g/mol. The van der Waals surface area contributed by atoms with E-state index in [1.54, 1.807) is 6.07 Å². The van der Waals surface area contributed by atoms with Crippen LogP contribution in [0.5, 0.6) is 0 Å². The number of benzene rings is 2. The summed E-state index contributed by atoms with van der Waals surface area (Å²) < 4.78 is 28.6. The number of nitrogens with one attached hydrogen (secondary N) is 2. The zero-order valence-corrected chi connectivity index (χ0v) is 11.1. The van der Waals surface area contributed by atoms with Gasteiger partial charge >= 0.3 is 0 Å². The van der Waals surface area contributed by atoms with Gasteiger partial charge in [-0.25, -0.2) is 8.78 Å². The Labute approximate surface area is 122 Å². The molecule has 0 saturated carbocycles. The summed E-state index contributed by atoms with van der Waals surface area (Å²) in [6, 6.07) is 5.59. The van der Waals surface area contributed by atoms with Crippen molar-refractivity contribution in [2.45, 2.75) is 0 Å². The predicted molar refractivity (Wildman–Crippen MR) is 79.9 cm³/mol. The molecular formula is C14H10F2N6. The van der Waals surface area contributed by atoms with Crippen molar-refractivity contribution >= 4 is 33.4 Å². The summed E-state index contributed by atoms with van der Waals surface area (Å²) in [5.41, 5.74) is 12.8. The first-order valence-corrected chi connectivity index (χ1v) is 6.42. The molecule has 4 aromatic rings. The minimum absolute atomic E-state index is 0.0561. The summed E-state index contributed by atoms with van der Waals surface area (Å²) in [5.74, 6) is -0.904. The third-order valence-electron chi connectivity index (χ3n) is 3.64. The topological polar surface area (TPSA) is 109 Å². The Bertz CT molecular complexity index is 1030. The van der Waals surface area contributed by atoms with Gasteiger partial charge in [-0.3, -0.25) is 10.2 Å². The maximum absolute atomic E-state index is 14.3. The zero-order chi connectivity index (χ0) is 15.4. The number of nitrogen functional groups attached to an aromatic ring is 2. The first-order chi connectivity index (χ1) is 10.6. The second-order valence-corrected chi connectivity index (χ2v) is 4.94. The zero-order valence-electron chi connectivity index (χ0n) is 11.1. The van der Waals surface area contributed by atoms with Crippen molar-refractivity contribution in [3.63, 3.8) is 0 Å². The molecule has 4 rings (SSSR count). The minimum Gasteiger partial charge on any atom is -0.382 e. The van der Waals surface area contributed by atoms with Crippen LogP contribution in [0.4, 0.5) is 20.4 Å². The van der Waals surface area contributed by atoms with Crippen molar-refractivity contribution in [2.24, 2.45) is 0 Å². The number of hydrogen-bond donors (Lipinski definition) is 4. The summed E-state index contributed by atoms with van der Waals surface area (Å²) in [7, 11) is 0. The van der Waals surface area contributed by atoms with Gasteiger partial charge in [0.15, 0.2) is 11.6 Å². The predicted octanol–water partition coefficient (Wildman–Crippen LogP) is 2.55. The molecule has 2 heterocycles. The Hall–Kier alpha value is -3.16. The number of aromatic nitrogens is 4. The number of aromatic amines is 2. The van der Waals surface area contributed by atoms with Crippen LogP contribution in [0.3, 0.4) is 0 Å². The van der Waals surface area contributed by atoms with Crippen LogP contribution in [0.1, 0.15) is 0 Å². The normalized spacial score (nSPS) is 11.5. The molecule has 8 heteroatoms. The fraction of sp³-hybridized carbons (Fsp3) is 0. The van der Waals surface area contributed by atoms with E-state index in [2.05, 4.69) is 20.4 Å². The molecule has 0 radical (unpaired) electrons. The van der Waals surface area contributed by atoms with Crippen molar-refractivity contribution < 1.29 is 8.78 Å². The molecular weight excluding hydrogens is 290 g/mol. The van der Waals surface area contributed by atoms with Crippen LogP contribution in [-0.4, -0.2) is 20.4 Å². The van der Waals surface area contributed by atoms with Crippen molar-refractivity contribution in [1.82, 2.24) is 20.4 Å². The molecule has 0 aliphatic rings. The summed E-state index contributed by atoms with van der Waals surface area (Å²) in [6.45, 7) is 0. The lowest BCUT2D eigenvalue weighted by Crippen LogP contribution is -1.92. The first-order valence-electron chi connectivity index (χ1n) is 6.42. The molecule has 110 valence electrons. The second kappa shape index (κ2) is 4.17. The highest BCUT2D eigenvalue weighted by atomic mass is 19.1. The molecule has 0 atom stereocenters. The number of anilines is 2. The largest absolute Gasteiger partial charge is 0.382 e. The maximum Gasteiger partial charge on any atom is 0.156 e. The second-order valence-electron chi connectivity index (χ2n) is 4.94. The standard InChI is InChI=1S/C14H10F2N6/c15-6-1-2-8-12(14(18)22-19-8)10(6)5-3-7(16)11-9(4-5)20-21-13(11)17/h1-4H,(H3,17,20,21)(H3,18,19,22). The average molecular weight is 300 g/mol. The van der Waals surface area contributed by atoms with E-state index in [9.17, 15) is 8.78 Å². The highest BCUT2D eigenvalue weighted by Crippen LogP contribution is 2.36. The van der Waals surface area contributed by atoms with Gasteiger partial charge in [-0.2, -0.15) is 10.2 Å². The highest BCUT2D eigenvalue weighted by Gasteiger charge is 2.18. The lowest BCUT2D eigenvalue weighted by Gasteiger charge is -2.07. The molecule has 0 aliphatic heterocycles. The Kier molecular flexibility index (Phi) is 2.38. The van der Waals surface area contributed by atoms with Crippen LogP contribution in [0.15, 0.2) is 24.3 Å². The molecule has 0 fully saturated rings. The summed E-state index contributed by atoms with van der Waals surface area (Å²) in [5, 5.41) is 13.5. The quantitative estimate of drug-likeness (QED) is 0.433. The summed E-state index contributed by atoms with van der Waals surface area (Å²) >= 11 is 0. The van der Waals surface area contributed by atoms with Crippen molar-refractivity contribution in [3.8, 4) is 11.1 Å². The number of nitrogens with zero attached hydrogens (tertiary/aromatic N) is 2. The van der Waals surface area contributed by atoms with Gasteiger partial charge in [-0.05, 0) is 29.8 Å². The van der Waals surface area contributed by atoms with Crippen molar-refractivity contribution in [2.75, 3.05) is 11.5 Å². The Morgan fingerprint density at radius 1 is 0.818 bits per heavy atom.